The van der Waals surface area contributed by atoms with Crippen molar-refractivity contribution in [3.05, 3.63) is 69.2 Å². The van der Waals surface area contributed by atoms with Crippen molar-refractivity contribution in [1.29, 1.82) is 0 Å². The normalized spacial score (nSPS) is 12.4. The van der Waals surface area contributed by atoms with E-state index >= 15 is 0 Å². The Morgan fingerprint density at radius 1 is 1.05 bits per heavy atom. The number of likely N-dealkylation sites (N-methyl/N-ethyl adjacent to an activating group) is 1. The molecule has 0 saturated heterocycles. The van der Waals surface area contributed by atoms with Gasteiger partial charge in [0.2, 0.25) is 0 Å². The van der Waals surface area contributed by atoms with Crippen LogP contribution in [0.5, 0.6) is 0 Å². The Balaban J connectivity index is 2.11. The molecule has 0 spiro atoms. The van der Waals surface area contributed by atoms with Gasteiger partial charge in [-0.1, -0.05) is 54.4 Å². The van der Waals surface area contributed by atoms with Gasteiger partial charge in [-0.05, 0) is 61.2 Å². The Labute approximate surface area is 137 Å². The van der Waals surface area contributed by atoms with Crippen LogP contribution in [-0.2, 0) is 12.8 Å². The molecule has 2 aromatic rings. The third-order valence-electron chi connectivity index (χ3n) is 3.54. The first kappa shape index (κ1) is 16.4. The summed E-state index contributed by atoms with van der Waals surface area (Å²) in [7, 11) is 0. The zero-order chi connectivity index (χ0) is 15.2. The summed E-state index contributed by atoms with van der Waals surface area (Å²) in [5, 5.41) is 5.18. The molecule has 0 radical (unpaired) electrons. The minimum atomic E-state index is 0.355. The molecule has 0 aromatic heterocycles. The molecule has 0 amide bonds. The molecule has 1 N–H and O–H groups in total. The first-order valence-electron chi connectivity index (χ1n) is 7.31. The van der Waals surface area contributed by atoms with Crippen molar-refractivity contribution in [2.45, 2.75) is 32.7 Å². The molecular formula is C18H21Cl2N. The van der Waals surface area contributed by atoms with Gasteiger partial charge in [-0.3, -0.25) is 0 Å². The average molecular weight is 322 g/mol. The van der Waals surface area contributed by atoms with Crippen molar-refractivity contribution < 1.29 is 0 Å². The highest BCUT2D eigenvalue weighted by molar-refractivity contribution is 6.31. The SMILES string of the molecule is CCNC(Cc1cccc(Cl)c1)Cc1ccc(C)cc1Cl. The van der Waals surface area contributed by atoms with Crippen molar-refractivity contribution >= 4 is 23.2 Å². The molecule has 0 saturated carbocycles. The number of hydrogen-bond acceptors (Lipinski definition) is 1. The molecule has 2 aromatic carbocycles. The zero-order valence-electron chi connectivity index (χ0n) is 12.5. The van der Waals surface area contributed by atoms with Crippen molar-refractivity contribution in [2.24, 2.45) is 0 Å². The predicted molar refractivity (Wildman–Crippen MR) is 92.5 cm³/mol. The molecule has 1 nitrogen and oxygen atoms in total. The summed E-state index contributed by atoms with van der Waals surface area (Å²) in [6, 6.07) is 14.7. The van der Waals surface area contributed by atoms with Crippen molar-refractivity contribution in [3.63, 3.8) is 0 Å². The van der Waals surface area contributed by atoms with Gasteiger partial charge in [0.25, 0.3) is 0 Å². The molecule has 3 heteroatoms. The molecule has 0 heterocycles. The highest BCUT2D eigenvalue weighted by atomic mass is 35.5. The van der Waals surface area contributed by atoms with Crippen LogP contribution in [-0.4, -0.2) is 12.6 Å². The summed E-state index contributed by atoms with van der Waals surface area (Å²) in [6.07, 6.45) is 1.86. The summed E-state index contributed by atoms with van der Waals surface area (Å²) in [6.45, 7) is 5.12. The van der Waals surface area contributed by atoms with E-state index in [1.54, 1.807) is 0 Å². The number of nitrogens with one attached hydrogen (secondary N) is 1. The Hall–Kier alpha value is -1.02. The third kappa shape index (κ3) is 5.03. The van der Waals surface area contributed by atoms with Gasteiger partial charge in [-0.25, -0.2) is 0 Å². The molecule has 0 aliphatic carbocycles. The van der Waals surface area contributed by atoms with Gasteiger partial charge >= 0.3 is 0 Å². The third-order valence-corrected chi connectivity index (χ3v) is 4.13. The van der Waals surface area contributed by atoms with Crippen molar-refractivity contribution in [1.82, 2.24) is 5.32 Å². The van der Waals surface area contributed by atoms with Crippen LogP contribution in [0.15, 0.2) is 42.5 Å². The van der Waals surface area contributed by atoms with Crippen LogP contribution >= 0.6 is 23.2 Å². The van der Waals surface area contributed by atoms with E-state index in [2.05, 4.69) is 37.4 Å². The summed E-state index contributed by atoms with van der Waals surface area (Å²) in [5.41, 5.74) is 3.63. The lowest BCUT2D eigenvalue weighted by Crippen LogP contribution is -2.33. The minimum Gasteiger partial charge on any atom is -0.314 e. The fourth-order valence-corrected chi connectivity index (χ4v) is 3.06. The number of hydrogen-bond donors (Lipinski definition) is 1. The Morgan fingerprint density at radius 3 is 2.52 bits per heavy atom. The fourth-order valence-electron chi connectivity index (χ4n) is 2.54. The molecule has 112 valence electrons. The quantitative estimate of drug-likeness (QED) is 0.783. The second-order valence-corrected chi connectivity index (χ2v) is 6.23. The van der Waals surface area contributed by atoms with E-state index in [1.165, 1.54) is 16.7 Å². The van der Waals surface area contributed by atoms with Gasteiger partial charge in [0.05, 0.1) is 0 Å². The highest BCUT2D eigenvalue weighted by Gasteiger charge is 2.12. The van der Waals surface area contributed by atoms with Crippen LogP contribution in [0.4, 0.5) is 0 Å². The van der Waals surface area contributed by atoms with Crippen molar-refractivity contribution in [2.75, 3.05) is 6.54 Å². The summed E-state index contributed by atoms with van der Waals surface area (Å²) < 4.78 is 0. The van der Waals surface area contributed by atoms with Crippen LogP contribution in [0.3, 0.4) is 0 Å². The highest BCUT2D eigenvalue weighted by Crippen LogP contribution is 2.21. The van der Waals surface area contributed by atoms with Gasteiger partial charge in [0, 0.05) is 16.1 Å². The summed E-state index contributed by atoms with van der Waals surface area (Å²) >= 11 is 12.4. The summed E-state index contributed by atoms with van der Waals surface area (Å²) in [4.78, 5) is 0. The first-order valence-corrected chi connectivity index (χ1v) is 8.07. The fraction of sp³-hybridized carbons (Fsp3) is 0.333. The lowest BCUT2D eigenvalue weighted by molar-refractivity contribution is 0.521. The number of benzene rings is 2. The number of aryl methyl sites for hydroxylation is 1. The van der Waals surface area contributed by atoms with E-state index in [9.17, 15) is 0 Å². The van der Waals surface area contributed by atoms with E-state index in [1.807, 2.05) is 24.3 Å². The number of rotatable bonds is 6. The van der Waals surface area contributed by atoms with Crippen molar-refractivity contribution in [3.8, 4) is 0 Å². The van der Waals surface area contributed by atoms with E-state index in [0.717, 1.165) is 29.4 Å². The molecule has 0 aliphatic heterocycles. The summed E-state index contributed by atoms with van der Waals surface area (Å²) in [5.74, 6) is 0. The average Bonchev–Trinajstić information content (AvgIpc) is 2.42. The van der Waals surface area contributed by atoms with Gasteiger partial charge in [-0.15, -0.1) is 0 Å². The van der Waals surface area contributed by atoms with E-state index < -0.39 is 0 Å². The van der Waals surface area contributed by atoms with Gasteiger partial charge in [-0.2, -0.15) is 0 Å². The van der Waals surface area contributed by atoms with Gasteiger partial charge in [0.15, 0.2) is 0 Å². The lowest BCUT2D eigenvalue weighted by atomic mass is 9.98. The molecule has 0 aliphatic rings. The Morgan fingerprint density at radius 2 is 1.86 bits per heavy atom. The number of halogens is 2. The van der Waals surface area contributed by atoms with E-state index in [-0.39, 0.29) is 0 Å². The maximum absolute atomic E-state index is 6.35. The second-order valence-electron chi connectivity index (χ2n) is 5.39. The molecular weight excluding hydrogens is 301 g/mol. The first-order chi connectivity index (χ1) is 10.1. The molecule has 0 bridgehead atoms. The smallest absolute Gasteiger partial charge is 0.0441 e. The molecule has 21 heavy (non-hydrogen) atoms. The van der Waals surface area contributed by atoms with Crippen LogP contribution in [0.25, 0.3) is 0 Å². The topological polar surface area (TPSA) is 12.0 Å². The lowest BCUT2D eigenvalue weighted by Gasteiger charge is -2.19. The second kappa shape index (κ2) is 7.84. The van der Waals surface area contributed by atoms with E-state index in [0.29, 0.717) is 6.04 Å². The standard InChI is InChI=1S/C18H21Cl2N/c1-3-21-17(11-14-5-4-6-16(19)10-14)12-15-8-7-13(2)9-18(15)20/h4-10,17,21H,3,11-12H2,1-2H3. The van der Waals surface area contributed by atoms with E-state index in [4.69, 9.17) is 23.2 Å². The van der Waals surface area contributed by atoms with Crippen LogP contribution in [0.1, 0.15) is 23.6 Å². The maximum Gasteiger partial charge on any atom is 0.0441 e. The Kier molecular flexibility index (Phi) is 6.10. The zero-order valence-corrected chi connectivity index (χ0v) is 14.0. The molecule has 0 fully saturated rings. The van der Waals surface area contributed by atoms with Crippen LogP contribution < -0.4 is 5.32 Å². The van der Waals surface area contributed by atoms with Gasteiger partial charge < -0.3 is 5.32 Å². The molecule has 2 rings (SSSR count). The molecule has 1 unspecified atom stereocenters. The molecule has 1 atom stereocenters. The minimum absolute atomic E-state index is 0.355. The predicted octanol–water partition coefficient (Wildman–Crippen LogP) is 5.07. The largest absolute Gasteiger partial charge is 0.314 e. The maximum atomic E-state index is 6.35. The van der Waals surface area contributed by atoms with Crippen LogP contribution in [0.2, 0.25) is 10.0 Å². The Bertz CT molecular complexity index is 596. The van der Waals surface area contributed by atoms with Crippen LogP contribution in [0, 0.1) is 6.92 Å². The van der Waals surface area contributed by atoms with Gasteiger partial charge in [0.1, 0.15) is 0 Å². The monoisotopic (exact) mass is 321 g/mol.